The molecule has 0 aliphatic heterocycles. The van der Waals surface area contributed by atoms with E-state index in [1.807, 2.05) is 0 Å². The fourth-order valence-electron chi connectivity index (χ4n) is 0.871. The lowest BCUT2D eigenvalue weighted by Crippen LogP contribution is -2.37. The van der Waals surface area contributed by atoms with Gasteiger partial charge in [0.05, 0.1) is 18.8 Å². The molecule has 0 saturated heterocycles. The molecule has 1 unspecified atom stereocenters. The van der Waals surface area contributed by atoms with Crippen molar-refractivity contribution in [3.63, 3.8) is 0 Å². The Balaban J connectivity index is 4.01. The van der Waals surface area contributed by atoms with Crippen molar-refractivity contribution < 1.29 is 23.1 Å². The summed E-state index contributed by atoms with van der Waals surface area (Å²) >= 11 is 0. The van der Waals surface area contributed by atoms with E-state index < -0.39 is 28.2 Å². The maximum atomic E-state index is 11.2. The van der Waals surface area contributed by atoms with Gasteiger partial charge in [-0.25, -0.2) is 13.1 Å². The molecule has 0 aromatic heterocycles. The molecule has 2 N–H and O–H groups in total. The molecule has 0 aromatic rings. The van der Waals surface area contributed by atoms with Gasteiger partial charge < -0.3 is 9.84 Å². The van der Waals surface area contributed by atoms with Crippen molar-refractivity contribution in [2.45, 2.75) is 19.4 Å². The highest BCUT2D eigenvalue weighted by Crippen LogP contribution is 1.93. The zero-order chi connectivity index (χ0) is 11.2. The molecule has 6 nitrogen and oxygen atoms in total. The minimum atomic E-state index is -3.51. The van der Waals surface area contributed by atoms with Crippen LogP contribution in [0, 0.1) is 0 Å². The topological polar surface area (TPSA) is 92.7 Å². The van der Waals surface area contributed by atoms with E-state index in [9.17, 15) is 13.2 Å². The maximum absolute atomic E-state index is 11.2. The highest BCUT2D eigenvalue weighted by Gasteiger charge is 2.15. The van der Waals surface area contributed by atoms with Crippen LogP contribution in [0.25, 0.3) is 0 Å². The summed E-state index contributed by atoms with van der Waals surface area (Å²) < 4.78 is 29.4. The van der Waals surface area contributed by atoms with Crippen LogP contribution in [0.1, 0.15) is 13.3 Å². The summed E-state index contributed by atoms with van der Waals surface area (Å²) in [6.07, 6.45) is -0.394. The Morgan fingerprint density at radius 2 is 2.14 bits per heavy atom. The van der Waals surface area contributed by atoms with Crippen molar-refractivity contribution in [1.82, 2.24) is 4.72 Å². The highest BCUT2D eigenvalue weighted by atomic mass is 32.2. The third-order valence-electron chi connectivity index (χ3n) is 1.38. The van der Waals surface area contributed by atoms with Gasteiger partial charge in [0.2, 0.25) is 10.0 Å². The maximum Gasteiger partial charge on any atom is 0.304 e. The van der Waals surface area contributed by atoms with Gasteiger partial charge in [-0.3, -0.25) is 4.79 Å². The number of methoxy groups -OCH3 is 1. The molecular formula is C7H15NO5S. The molecule has 0 aliphatic carbocycles. The van der Waals surface area contributed by atoms with E-state index in [4.69, 9.17) is 9.84 Å². The molecular weight excluding hydrogens is 210 g/mol. The molecule has 0 fully saturated rings. The minimum absolute atomic E-state index is 0.256. The molecule has 1 atom stereocenters. The van der Waals surface area contributed by atoms with Crippen LogP contribution in [0.15, 0.2) is 0 Å². The Morgan fingerprint density at radius 3 is 2.57 bits per heavy atom. The van der Waals surface area contributed by atoms with Crippen LogP contribution in [0.3, 0.4) is 0 Å². The van der Waals surface area contributed by atoms with Crippen LogP contribution in [0.4, 0.5) is 0 Å². The average Bonchev–Trinajstić information content (AvgIpc) is 2.00. The molecule has 0 bridgehead atoms. The third kappa shape index (κ3) is 6.81. The highest BCUT2D eigenvalue weighted by molar-refractivity contribution is 7.89. The summed E-state index contributed by atoms with van der Waals surface area (Å²) in [6, 6.07) is -0.348. The predicted octanol–water partition coefficient (Wildman–Crippen LogP) is -0.585. The molecule has 84 valence electrons. The van der Waals surface area contributed by atoms with E-state index in [1.54, 1.807) is 6.92 Å². The molecule has 0 heterocycles. The Labute approximate surface area is 83.3 Å². The van der Waals surface area contributed by atoms with E-state index in [2.05, 4.69) is 4.72 Å². The number of carboxylic acid groups (broad SMARTS) is 1. The van der Waals surface area contributed by atoms with Gasteiger partial charge in [-0.15, -0.1) is 0 Å². The first-order valence-electron chi connectivity index (χ1n) is 4.08. The molecule has 0 saturated carbocycles. The van der Waals surface area contributed by atoms with E-state index in [-0.39, 0.29) is 12.6 Å². The van der Waals surface area contributed by atoms with Gasteiger partial charge in [0.15, 0.2) is 0 Å². The molecule has 0 amide bonds. The molecule has 0 radical (unpaired) electrons. The van der Waals surface area contributed by atoms with Crippen molar-refractivity contribution in [2.75, 3.05) is 19.5 Å². The van der Waals surface area contributed by atoms with Gasteiger partial charge in [-0.2, -0.15) is 0 Å². The van der Waals surface area contributed by atoms with Crippen LogP contribution in [0.2, 0.25) is 0 Å². The first-order chi connectivity index (χ1) is 6.37. The van der Waals surface area contributed by atoms with Crippen LogP contribution in [-0.4, -0.2) is 45.0 Å². The van der Waals surface area contributed by atoms with Crippen LogP contribution >= 0.6 is 0 Å². The molecule has 14 heavy (non-hydrogen) atoms. The monoisotopic (exact) mass is 225 g/mol. The molecule has 0 rings (SSSR count). The summed E-state index contributed by atoms with van der Waals surface area (Å²) in [5, 5.41) is 8.30. The second-order valence-electron chi connectivity index (χ2n) is 2.94. The van der Waals surface area contributed by atoms with Gasteiger partial charge in [0.1, 0.15) is 0 Å². The van der Waals surface area contributed by atoms with Crippen molar-refractivity contribution in [3.05, 3.63) is 0 Å². The smallest absolute Gasteiger partial charge is 0.304 e. The number of carbonyl (C=O) groups is 1. The first kappa shape index (κ1) is 13.3. The second kappa shape index (κ2) is 5.94. The average molecular weight is 225 g/mol. The Hall–Kier alpha value is -0.660. The SMILES string of the molecule is COCC(C)NS(=O)(=O)CCC(=O)O. The Morgan fingerprint density at radius 1 is 1.57 bits per heavy atom. The summed E-state index contributed by atoms with van der Waals surface area (Å²) in [6.45, 7) is 1.90. The summed E-state index contributed by atoms with van der Waals surface area (Å²) in [5.41, 5.74) is 0. The fraction of sp³-hybridized carbons (Fsp3) is 0.857. The lowest BCUT2D eigenvalue weighted by atomic mass is 10.4. The van der Waals surface area contributed by atoms with E-state index in [1.165, 1.54) is 7.11 Å². The number of aliphatic carboxylic acids is 1. The number of ether oxygens (including phenoxy) is 1. The third-order valence-corrected chi connectivity index (χ3v) is 2.89. The number of nitrogens with one attached hydrogen (secondary N) is 1. The van der Waals surface area contributed by atoms with E-state index in [0.717, 1.165) is 0 Å². The molecule has 0 spiro atoms. The molecule has 0 aromatic carbocycles. The summed E-state index contributed by atoms with van der Waals surface area (Å²) in [4.78, 5) is 10.1. The molecule has 7 heteroatoms. The summed E-state index contributed by atoms with van der Waals surface area (Å²) in [7, 11) is -2.05. The van der Waals surface area contributed by atoms with Gasteiger partial charge in [0, 0.05) is 13.2 Å². The number of carboxylic acids is 1. The van der Waals surface area contributed by atoms with Crippen LogP contribution < -0.4 is 4.72 Å². The molecule has 0 aliphatic rings. The second-order valence-corrected chi connectivity index (χ2v) is 4.81. The fourth-order valence-corrected chi connectivity index (χ4v) is 2.11. The Bertz CT molecular complexity index is 274. The van der Waals surface area contributed by atoms with Crippen molar-refractivity contribution >= 4 is 16.0 Å². The van der Waals surface area contributed by atoms with Gasteiger partial charge in [-0.1, -0.05) is 0 Å². The minimum Gasteiger partial charge on any atom is -0.481 e. The van der Waals surface area contributed by atoms with Gasteiger partial charge in [-0.05, 0) is 6.92 Å². The normalized spacial score (nSPS) is 13.9. The zero-order valence-electron chi connectivity index (χ0n) is 8.19. The number of hydrogen-bond acceptors (Lipinski definition) is 4. The lowest BCUT2D eigenvalue weighted by Gasteiger charge is -2.12. The van der Waals surface area contributed by atoms with E-state index >= 15 is 0 Å². The van der Waals surface area contributed by atoms with Crippen LogP contribution in [0.5, 0.6) is 0 Å². The summed E-state index contributed by atoms with van der Waals surface area (Å²) in [5.74, 6) is -1.54. The quantitative estimate of drug-likeness (QED) is 0.604. The van der Waals surface area contributed by atoms with Crippen LogP contribution in [-0.2, 0) is 19.6 Å². The van der Waals surface area contributed by atoms with Crippen molar-refractivity contribution in [2.24, 2.45) is 0 Å². The number of hydrogen-bond donors (Lipinski definition) is 2. The Kier molecular flexibility index (Phi) is 5.66. The van der Waals surface area contributed by atoms with Crippen molar-refractivity contribution in [3.8, 4) is 0 Å². The predicted molar refractivity (Wildman–Crippen MR) is 50.5 cm³/mol. The standard InChI is InChI=1S/C7H15NO5S/c1-6(5-13-2)8-14(11,12)4-3-7(9)10/h6,8H,3-5H2,1-2H3,(H,9,10). The largest absolute Gasteiger partial charge is 0.481 e. The number of sulfonamides is 1. The van der Waals surface area contributed by atoms with Gasteiger partial charge in [0.25, 0.3) is 0 Å². The lowest BCUT2D eigenvalue weighted by molar-refractivity contribution is -0.136. The number of rotatable bonds is 7. The van der Waals surface area contributed by atoms with Gasteiger partial charge >= 0.3 is 5.97 Å². The van der Waals surface area contributed by atoms with Crippen molar-refractivity contribution in [1.29, 1.82) is 0 Å². The van der Waals surface area contributed by atoms with E-state index in [0.29, 0.717) is 0 Å². The zero-order valence-corrected chi connectivity index (χ0v) is 9.00. The first-order valence-corrected chi connectivity index (χ1v) is 5.73.